The summed E-state index contributed by atoms with van der Waals surface area (Å²) in [6, 6.07) is 6.89. The number of hydrogen-bond acceptors (Lipinski definition) is 7. The highest BCUT2D eigenvalue weighted by Crippen LogP contribution is 2.55. The average molecular weight is 446 g/mol. The number of benzene rings is 2. The second kappa shape index (κ2) is 8.95. The highest BCUT2D eigenvalue weighted by Gasteiger charge is 2.42. The highest BCUT2D eigenvalue weighted by atomic mass is 31.2. The first kappa shape index (κ1) is 23.2. The Bertz CT molecular complexity index is 1090. The fraction of sp³-hybridized carbons (Fsp3) is 0.391. The van der Waals surface area contributed by atoms with Gasteiger partial charge in [-0.25, -0.2) is 9.59 Å². The van der Waals surface area contributed by atoms with Crippen molar-refractivity contribution in [3.63, 3.8) is 0 Å². The van der Waals surface area contributed by atoms with E-state index in [1.54, 1.807) is 36.4 Å². The molecule has 1 aliphatic rings. The zero-order chi connectivity index (χ0) is 22.8. The van der Waals surface area contributed by atoms with Crippen LogP contribution in [0.5, 0.6) is 0 Å². The topological polar surface area (TPSA) is 88.1 Å². The van der Waals surface area contributed by atoms with Gasteiger partial charge in [0.05, 0.1) is 43.9 Å². The van der Waals surface area contributed by atoms with Crippen LogP contribution in [0.1, 0.15) is 53.5 Å². The summed E-state index contributed by atoms with van der Waals surface area (Å²) in [7, 11) is -1.35. The molecule has 1 heterocycles. The monoisotopic (exact) mass is 446 g/mol. The number of fused-ring (bicyclic) bond motifs is 1. The molecule has 0 spiro atoms. The SMILES string of the molecule is CC/C=C/c1c(C(=O)OC)c(C(=O)OC)c2ccccc2c1P1(=O)OCC(C)(C)CO1. The number of hydrogen-bond donors (Lipinski definition) is 0. The first-order valence-corrected chi connectivity index (χ1v) is 11.5. The molecule has 2 aromatic carbocycles. The minimum Gasteiger partial charge on any atom is -0.465 e. The minimum atomic E-state index is -3.82. The Morgan fingerprint density at radius 1 is 1.03 bits per heavy atom. The standard InChI is InChI=1S/C23H27O7P/c1-6-7-10-17-19(22(25)28-5)18(21(24)27-4)15-11-8-9-12-16(15)20(17)31(26)29-13-23(2,3)14-30-31/h7-12H,6,13-14H2,1-5H3/b10-7+. The highest BCUT2D eigenvalue weighted by molar-refractivity contribution is 7.63. The van der Waals surface area contributed by atoms with Crippen LogP contribution in [0.2, 0.25) is 0 Å². The lowest BCUT2D eigenvalue weighted by Crippen LogP contribution is -2.33. The summed E-state index contributed by atoms with van der Waals surface area (Å²) in [4.78, 5) is 25.7. The van der Waals surface area contributed by atoms with Gasteiger partial charge in [0.25, 0.3) is 0 Å². The third-order valence-electron chi connectivity index (χ3n) is 5.05. The molecule has 166 valence electrons. The molecule has 2 aromatic rings. The predicted octanol–water partition coefficient (Wildman–Crippen LogP) is 4.73. The summed E-state index contributed by atoms with van der Waals surface area (Å²) in [5.74, 6) is -1.44. The summed E-state index contributed by atoms with van der Waals surface area (Å²) in [6.07, 6.45) is 4.12. The van der Waals surface area contributed by atoms with E-state index < -0.39 is 19.5 Å². The van der Waals surface area contributed by atoms with Crippen molar-refractivity contribution in [1.29, 1.82) is 0 Å². The molecular formula is C23H27O7P. The third-order valence-corrected chi connectivity index (χ3v) is 7.02. The molecular weight excluding hydrogens is 419 g/mol. The molecule has 0 unspecified atom stereocenters. The number of carbonyl (C=O) groups excluding carboxylic acids is 2. The van der Waals surface area contributed by atoms with Gasteiger partial charge in [0.2, 0.25) is 0 Å². The molecule has 7 nitrogen and oxygen atoms in total. The molecule has 0 bridgehead atoms. The largest absolute Gasteiger partial charge is 0.465 e. The summed E-state index contributed by atoms with van der Waals surface area (Å²) in [5.41, 5.74) is -0.00969. The van der Waals surface area contributed by atoms with E-state index in [1.165, 1.54) is 14.2 Å². The number of esters is 2. The molecule has 0 aliphatic carbocycles. The van der Waals surface area contributed by atoms with Crippen LogP contribution >= 0.6 is 7.60 Å². The van der Waals surface area contributed by atoms with Gasteiger partial charge >= 0.3 is 19.5 Å². The number of carbonyl (C=O) groups is 2. The fourth-order valence-corrected chi connectivity index (χ4v) is 5.83. The maximum absolute atomic E-state index is 14.0. The van der Waals surface area contributed by atoms with E-state index in [1.807, 2.05) is 20.8 Å². The quantitative estimate of drug-likeness (QED) is 0.485. The van der Waals surface area contributed by atoms with Crippen molar-refractivity contribution in [2.24, 2.45) is 5.41 Å². The van der Waals surface area contributed by atoms with Gasteiger partial charge in [0, 0.05) is 11.0 Å². The van der Waals surface area contributed by atoms with Crippen LogP contribution < -0.4 is 5.30 Å². The first-order chi connectivity index (χ1) is 14.7. The van der Waals surface area contributed by atoms with E-state index in [0.717, 1.165) is 0 Å². The lowest BCUT2D eigenvalue weighted by molar-refractivity contribution is 0.0463. The molecule has 31 heavy (non-hydrogen) atoms. The van der Waals surface area contributed by atoms with Crippen molar-refractivity contribution in [3.05, 3.63) is 47.0 Å². The molecule has 8 heteroatoms. The third kappa shape index (κ3) is 4.31. The van der Waals surface area contributed by atoms with Crippen LogP contribution in [0.3, 0.4) is 0 Å². The van der Waals surface area contributed by atoms with Gasteiger partial charge in [-0.3, -0.25) is 4.57 Å². The van der Waals surface area contributed by atoms with Crippen molar-refractivity contribution in [3.8, 4) is 0 Å². The molecule has 3 rings (SSSR count). The van der Waals surface area contributed by atoms with Gasteiger partial charge in [-0.1, -0.05) is 57.2 Å². The summed E-state index contributed by atoms with van der Waals surface area (Å²) in [5, 5.41) is 1.15. The summed E-state index contributed by atoms with van der Waals surface area (Å²) < 4.78 is 35.6. The Morgan fingerprint density at radius 2 is 1.58 bits per heavy atom. The Balaban J connectivity index is 2.49. The van der Waals surface area contributed by atoms with Crippen molar-refractivity contribution in [1.82, 2.24) is 0 Å². The maximum Gasteiger partial charge on any atom is 0.362 e. The Hall–Kier alpha value is -2.47. The molecule has 1 saturated heterocycles. The van der Waals surface area contributed by atoms with Gasteiger partial charge in [-0.05, 0) is 17.2 Å². The number of rotatable bonds is 5. The molecule has 1 fully saturated rings. The van der Waals surface area contributed by atoms with Crippen LogP contribution in [0.25, 0.3) is 16.8 Å². The van der Waals surface area contributed by atoms with Crippen LogP contribution in [0, 0.1) is 5.41 Å². The summed E-state index contributed by atoms with van der Waals surface area (Å²) in [6.45, 7) is 6.28. The van der Waals surface area contributed by atoms with Crippen LogP contribution in [0.15, 0.2) is 30.3 Å². The Morgan fingerprint density at radius 3 is 2.13 bits per heavy atom. The van der Waals surface area contributed by atoms with Crippen molar-refractivity contribution in [2.45, 2.75) is 27.2 Å². The first-order valence-electron chi connectivity index (χ1n) is 10.0. The van der Waals surface area contributed by atoms with E-state index in [4.69, 9.17) is 18.5 Å². The number of ether oxygens (including phenoxy) is 2. The lowest BCUT2D eigenvalue weighted by Gasteiger charge is -2.35. The van der Waals surface area contributed by atoms with E-state index in [0.29, 0.717) is 17.2 Å². The van der Waals surface area contributed by atoms with E-state index in [9.17, 15) is 14.2 Å². The lowest BCUT2D eigenvalue weighted by atomic mass is 9.93. The van der Waals surface area contributed by atoms with Crippen LogP contribution in [0.4, 0.5) is 0 Å². The average Bonchev–Trinajstić information content (AvgIpc) is 2.77. The maximum atomic E-state index is 14.0. The van der Waals surface area contributed by atoms with Crippen molar-refractivity contribution >= 4 is 41.7 Å². The fourth-order valence-electron chi connectivity index (χ4n) is 3.49. The number of methoxy groups -OCH3 is 2. The summed E-state index contributed by atoms with van der Waals surface area (Å²) >= 11 is 0. The van der Waals surface area contributed by atoms with Crippen LogP contribution in [-0.2, 0) is 23.1 Å². The smallest absolute Gasteiger partial charge is 0.362 e. The zero-order valence-electron chi connectivity index (χ0n) is 18.4. The van der Waals surface area contributed by atoms with Gasteiger partial charge in [-0.2, -0.15) is 0 Å². The second-order valence-corrected chi connectivity index (χ2v) is 10.0. The zero-order valence-corrected chi connectivity index (χ0v) is 19.3. The van der Waals surface area contributed by atoms with Gasteiger partial charge in [0.15, 0.2) is 0 Å². The Labute approximate surface area is 181 Å². The molecule has 0 atom stereocenters. The van der Waals surface area contributed by atoms with Crippen molar-refractivity contribution in [2.75, 3.05) is 27.4 Å². The molecule has 0 N–H and O–H groups in total. The van der Waals surface area contributed by atoms with Gasteiger partial charge in [0.1, 0.15) is 0 Å². The van der Waals surface area contributed by atoms with E-state index in [-0.39, 0.29) is 40.6 Å². The van der Waals surface area contributed by atoms with E-state index >= 15 is 0 Å². The van der Waals surface area contributed by atoms with E-state index in [2.05, 4.69) is 0 Å². The second-order valence-electron chi connectivity index (χ2n) is 8.06. The number of allylic oxidation sites excluding steroid dienone is 1. The minimum absolute atomic E-state index is 0.0278. The molecule has 0 aromatic heterocycles. The molecule has 0 amide bonds. The van der Waals surface area contributed by atoms with Gasteiger partial charge < -0.3 is 18.5 Å². The van der Waals surface area contributed by atoms with Crippen molar-refractivity contribution < 1.29 is 32.7 Å². The normalized spacial score (nSPS) is 17.6. The molecule has 0 saturated carbocycles. The molecule has 0 radical (unpaired) electrons. The predicted molar refractivity (Wildman–Crippen MR) is 119 cm³/mol. The van der Waals surface area contributed by atoms with Crippen LogP contribution in [-0.4, -0.2) is 39.4 Å². The molecule has 1 aliphatic heterocycles. The van der Waals surface area contributed by atoms with Gasteiger partial charge in [-0.15, -0.1) is 0 Å². The Kier molecular flexibility index (Phi) is 6.70.